The summed E-state index contributed by atoms with van der Waals surface area (Å²) in [6, 6.07) is 0. The lowest BCUT2D eigenvalue weighted by atomic mass is 10.0. The lowest BCUT2D eigenvalue weighted by molar-refractivity contribution is -0.172. The number of imidazole rings is 1. The fourth-order valence-electron chi connectivity index (χ4n) is 2.57. The second-order valence-electron chi connectivity index (χ2n) is 4.88. The lowest BCUT2D eigenvalue weighted by Crippen LogP contribution is -2.54. The van der Waals surface area contributed by atoms with Gasteiger partial charge >= 0.3 is 0 Å². The lowest BCUT2D eigenvalue weighted by Gasteiger charge is -2.30. The number of aliphatic hydroxyl groups excluding tert-OH is 3. The quantitative estimate of drug-likeness (QED) is 0.386. The first kappa shape index (κ1) is 14.6. The molecule has 7 N–H and O–H groups in total. The molecule has 0 aromatic carbocycles. The summed E-state index contributed by atoms with van der Waals surface area (Å²) >= 11 is 0. The topological polar surface area (TPSA) is 183 Å². The molecular weight excluding hydrogens is 296 g/mol. The summed E-state index contributed by atoms with van der Waals surface area (Å²) in [6.07, 6.45) is -2.15. The van der Waals surface area contributed by atoms with E-state index in [-0.39, 0.29) is 17.0 Å². The second kappa shape index (κ2) is 4.84. The highest BCUT2D eigenvalue weighted by molar-refractivity contribution is 5.87. The molecule has 0 aliphatic carbocycles. The molecule has 4 atom stereocenters. The summed E-state index contributed by atoms with van der Waals surface area (Å²) in [5.41, 5.74) is 9.16. The first-order valence-electron chi connectivity index (χ1n) is 6.32. The molecule has 11 nitrogen and oxygen atoms in total. The highest BCUT2D eigenvalue weighted by Gasteiger charge is 2.60. The maximum atomic E-state index is 12.0. The average molecular weight is 310 g/mol. The molecule has 22 heavy (non-hydrogen) atoms. The number of anilines is 1. The van der Waals surface area contributed by atoms with Crippen LogP contribution in [0.3, 0.4) is 0 Å². The van der Waals surface area contributed by atoms with Gasteiger partial charge in [0.1, 0.15) is 36.5 Å². The third-order valence-electron chi connectivity index (χ3n) is 3.69. The number of primary amides is 1. The van der Waals surface area contributed by atoms with Crippen molar-refractivity contribution in [2.75, 3.05) is 12.3 Å². The molecule has 1 amide bonds. The largest absolute Gasteiger partial charge is 0.394 e. The Morgan fingerprint density at radius 2 is 2.14 bits per heavy atom. The fraction of sp³-hybridized carbons (Fsp3) is 0.455. The van der Waals surface area contributed by atoms with Gasteiger partial charge in [0.2, 0.25) is 0 Å². The molecule has 0 spiro atoms. The monoisotopic (exact) mass is 310 g/mol. The number of aromatic nitrogens is 4. The molecule has 118 valence electrons. The van der Waals surface area contributed by atoms with Crippen molar-refractivity contribution in [2.45, 2.75) is 24.0 Å². The van der Waals surface area contributed by atoms with E-state index in [2.05, 4.69) is 15.0 Å². The van der Waals surface area contributed by atoms with Crippen LogP contribution in [0.2, 0.25) is 0 Å². The van der Waals surface area contributed by atoms with Crippen LogP contribution >= 0.6 is 0 Å². The van der Waals surface area contributed by atoms with Crippen LogP contribution in [0.25, 0.3) is 11.2 Å². The maximum absolute atomic E-state index is 12.0. The van der Waals surface area contributed by atoms with Crippen molar-refractivity contribution in [1.29, 1.82) is 0 Å². The van der Waals surface area contributed by atoms with E-state index < -0.39 is 36.6 Å². The van der Waals surface area contributed by atoms with Gasteiger partial charge in [-0.2, -0.15) is 0 Å². The summed E-state index contributed by atoms with van der Waals surface area (Å²) in [7, 11) is 0. The molecule has 1 saturated heterocycles. The number of aliphatic hydroxyl groups is 3. The Bertz CT molecular complexity index is 735. The highest BCUT2D eigenvalue weighted by atomic mass is 16.6. The minimum atomic E-state index is -2.16. The Kier molecular flexibility index (Phi) is 3.21. The van der Waals surface area contributed by atoms with Crippen molar-refractivity contribution in [3.8, 4) is 0 Å². The van der Waals surface area contributed by atoms with Crippen LogP contribution in [0.1, 0.15) is 0 Å². The molecule has 11 heteroatoms. The molecule has 0 radical (unpaired) electrons. The van der Waals surface area contributed by atoms with Crippen molar-refractivity contribution < 1.29 is 24.9 Å². The van der Waals surface area contributed by atoms with E-state index in [1.807, 2.05) is 0 Å². The van der Waals surface area contributed by atoms with Crippen molar-refractivity contribution in [3.05, 3.63) is 12.7 Å². The van der Waals surface area contributed by atoms with Crippen LogP contribution in [-0.4, -0.2) is 65.7 Å². The fourth-order valence-corrected chi connectivity index (χ4v) is 2.57. The van der Waals surface area contributed by atoms with Gasteiger partial charge in [0.05, 0.1) is 6.61 Å². The van der Waals surface area contributed by atoms with Gasteiger partial charge in [-0.05, 0) is 0 Å². The van der Waals surface area contributed by atoms with Gasteiger partial charge in [-0.25, -0.2) is 15.0 Å². The van der Waals surface area contributed by atoms with Crippen LogP contribution in [0.15, 0.2) is 12.7 Å². The number of nitrogens with two attached hydrogens (primary N) is 2. The van der Waals surface area contributed by atoms with E-state index in [1.54, 1.807) is 0 Å². The number of nitrogen functional groups attached to an aromatic ring is 1. The van der Waals surface area contributed by atoms with Gasteiger partial charge in [0.25, 0.3) is 11.6 Å². The molecule has 0 unspecified atom stereocenters. The third-order valence-corrected chi connectivity index (χ3v) is 3.69. The van der Waals surface area contributed by atoms with E-state index in [0.717, 1.165) is 17.2 Å². The van der Waals surface area contributed by atoms with E-state index >= 15 is 0 Å². The van der Waals surface area contributed by atoms with Crippen molar-refractivity contribution in [1.82, 2.24) is 19.5 Å². The maximum Gasteiger partial charge on any atom is 0.274 e. The predicted octanol–water partition coefficient (Wildman–Crippen LogP) is -3.34. The second-order valence-corrected chi connectivity index (χ2v) is 4.88. The highest BCUT2D eigenvalue weighted by Crippen LogP contribution is 2.37. The SMILES string of the molecule is NC(=O)[C@@]1(n2cnc3c(N)ncnc32)O[C@H](CO)[C@@H](O)[C@H]1O. The Morgan fingerprint density at radius 1 is 1.41 bits per heavy atom. The van der Waals surface area contributed by atoms with Gasteiger partial charge in [-0.15, -0.1) is 0 Å². The van der Waals surface area contributed by atoms with Gasteiger partial charge in [-0.3, -0.25) is 9.36 Å². The zero-order valence-electron chi connectivity index (χ0n) is 11.2. The molecule has 3 heterocycles. The Balaban J connectivity index is 2.24. The molecular formula is C11H14N6O5. The third kappa shape index (κ3) is 1.70. The number of carbonyl (C=O) groups is 1. The van der Waals surface area contributed by atoms with E-state index in [1.165, 1.54) is 0 Å². The number of ether oxygens (including phenoxy) is 1. The molecule has 3 rings (SSSR count). The zero-order chi connectivity index (χ0) is 16.1. The minimum Gasteiger partial charge on any atom is -0.394 e. The molecule has 2 aromatic heterocycles. The molecule has 0 saturated carbocycles. The molecule has 0 bridgehead atoms. The van der Waals surface area contributed by atoms with E-state index in [9.17, 15) is 20.1 Å². The number of carbonyl (C=O) groups excluding carboxylic acids is 1. The summed E-state index contributed by atoms with van der Waals surface area (Å²) in [4.78, 5) is 23.7. The number of nitrogens with zero attached hydrogens (tertiary/aromatic N) is 4. The Labute approximate surface area is 123 Å². The van der Waals surface area contributed by atoms with Crippen LogP contribution < -0.4 is 11.5 Å². The minimum absolute atomic E-state index is 0.0649. The van der Waals surface area contributed by atoms with Crippen LogP contribution in [0.5, 0.6) is 0 Å². The van der Waals surface area contributed by atoms with E-state index in [0.29, 0.717) is 0 Å². The molecule has 1 aliphatic heterocycles. The molecule has 1 fully saturated rings. The molecule has 1 aliphatic rings. The first-order chi connectivity index (χ1) is 10.4. The van der Waals surface area contributed by atoms with Gasteiger partial charge < -0.3 is 31.5 Å². The van der Waals surface area contributed by atoms with Crippen molar-refractivity contribution >= 4 is 22.9 Å². The summed E-state index contributed by atoms with van der Waals surface area (Å²) in [6.45, 7) is -0.614. The number of hydrogen-bond donors (Lipinski definition) is 5. The summed E-state index contributed by atoms with van der Waals surface area (Å²) < 4.78 is 6.45. The van der Waals surface area contributed by atoms with Crippen molar-refractivity contribution in [3.63, 3.8) is 0 Å². The normalized spacial score (nSPS) is 31.7. The van der Waals surface area contributed by atoms with E-state index in [4.69, 9.17) is 16.2 Å². The van der Waals surface area contributed by atoms with Crippen molar-refractivity contribution in [2.24, 2.45) is 5.73 Å². The van der Waals surface area contributed by atoms with Crippen LogP contribution in [-0.2, 0) is 15.3 Å². The molecule has 2 aromatic rings. The average Bonchev–Trinajstić information content (AvgIpc) is 3.02. The summed E-state index contributed by atoms with van der Waals surface area (Å²) in [5, 5.41) is 29.4. The standard InChI is InChI=1S/C11H14N6O5/c12-8-5-9(15-2-14-8)17(3-16-5)11(10(13)21)7(20)6(19)4(1-18)22-11/h2-4,6-7,18-20H,1H2,(H2,13,21)(H2,12,14,15)/t4-,6-,7-,11+/m1/s1. The Morgan fingerprint density at radius 3 is 2.73 bits per heavy atom. The number of rotatable bonds is 3. The van der Waals surface area contributed by atoms with Gasteiger partial charge in [-0.1, -0.05) is 0 Å². The summed E-state index contributed by atoms with van der Waals surface area (Å²) in [5.74, 6) is -1.01. The predicted molar refractivity (Wildman–Crippen MR) is 70.9 cm³/mol. The van der Waals surface area contributed by atoms with Crippen LogP contribution in [0, 0.1) is 0 Å². The smallest absolute Gasteiger partial charge is 0.274 e. The first-order valence-corrected chi connectivity index (χ1v) is 6.32. The number of fused-ring (bicyclic) bond motifs is 1. The number of hydrogen-bond acceptors (Lipinski definition) is 9. The Hall–Kier alpha value is -2.34. The number of amides is 1. The van der Waals surface area contributed by atoms with Gasteiger partial charge in [0.15, 0.2) is 11.5 Å². The zero-order valence-corrected chi connectivity index (χ0v) is 11.2. The van der Waals surface area contributed by atoms with Crippen LogP contribution in [0.4, 0.5) is 5.82 Å². The van der Waals surface area contributed by atoms with Gasteiger partial charge in [0, 0.05) is 0 Å².